The SMILES string of the molecule is CNC(=O)C1(C(C)(C)SC(=S)SCCO)CC(C)(Cc2ccccc2)C1. The van der Waals surface area contributed by atoms with Gasteiger partial charge in [0.05, 0.1) is 12.0 Å². The molecule has 1 saturated carbocycles. The standard InChI is InChI=1S/C20H29NO2S3/c1-18(2,26-17(24)25-11-10-22)20(16(23)21-4)13-19(3,14-20)12-15-8-6-5-7-9-15/h5-9,22H,10-14H2,1-4H3,(H,21,23). The van der Waals surface area contributed by atoms with Crippen LogP contribution in [0.2, 0.25) is 0 Å². The van der Waals surface area contributed by atoms with Gasteiger partial charge in [0, 0.05) is 17.5 Å². The van der Waals surface area contributed by atoms with Gasteiger partial charge in [-0.1, -0.05) is 49.5 Å². The van der Waals surface area contributed by atoms with Gasteiger partial charge in [-0.05, 0) is 44.1 Å². The normalized spacial score (nSPS) is 25.4. The Balaban J connectivity index is 2.15. The first kappa shape index (κ1) is 21.7. The molecule has 0 aromatic heterocycles. The molecule has 1 amide bonds. The van der Waals surface area contributed by atoms with Gasteiger partial charge in [-0.2, -0.15) is 0 Å². The predicted octanol–water partition coefficient (Wildman–Crippen LogP) is 4.28. The molecule has 2 rings (SSSR count). The highest BCUT2D eigenvalue weighted by Crippen LogP contribution is 2.64. The van der Waals surface area contributed by atoms with Crippen LogP contribution in [0.5, 0.6) is 0 Å². The summed E-state index contributed by atoms with van der Waals surface area (Å²) in [4.78, 5) is 12.9. The lowest BCUT2D eigenvalue weighted by molar-refractivity contribution is -0.149. The van der Waals surface area contributed by atoms with Gasteiger partial charge in [0.15, 0.2) is 0 Å². The molecule has 3 nitrogen and oxygen atoms in total. The van der Waals surface area contributed by atoms with E-state index in [2.05, 4.69) is 50.4 Å². The predicted molar refractivity (Wildman–Crippen MR) is 118 cm³/mol. The van der Waals surface area contributed by atoms with Crippen LogP contribution in [0.4, 0.5) is 0 Å². The molecule has 0 atom stereocenters. The number of aliphatic hydroxyl groups is 1. The lowest BCUT2D eigenvalue weighted by Gasteiger charge is -2.60. The third-order valence-corrected chi connectivity index (χ3v) is 8.29. The number of nitrogens with one attached hydrogen (secondary N) is 1. The maximum absolute atomic E-state index is 12.9. The molecule has 0 radical (unpaired) electrons. The summed E-state index contributed by atoms with van der Waals surface area (Å²) in [5, 5.41) is 11.9. The molecule has 1 aliphatic rings. The number of benzene rings is 1. The lowest BCUT2D eigenvalue weighted by Crippen LogP contribution is -2.63. The van der Waals surface area contributed by atoms with Crippen LogP contribution < -0.4 is 5.32 Å². The summed E-state index contributed by atoms with van der Waals surface area (Å²) in [6.45, 7) is 6.64. The van der Waals surface area contributed by atoms with Crippen molar-refractivity contribution < 1.29 is 9.90 Å². The van der Waals surface area contributed by atoms with Gasteiger partial charge in [0.2, 0.25) is 5.91 Å². The Morgan fingerprint density at radius 3 is 2.46 bits per heavy atom. The second kappa shape index (κ2) is 8.63. The van der Waals surface area contributed by atoms with Crippen LogP contribution in [-0.4, -0.2) is 38.7 Å². The van der Waals surface area contributed by atoms with Crippen LogP contribution in [-0.2, 0) is 11.2 Å². The quantitative estimate of drug-likeness (QED) is 0.656. The van der Waals surface area contributed by atoms with Crippen LogP contribution in [0, 0.1) is 10.8 Å². The Morgan fingerprint density at radius 1 is 1.31 bits per heavy atom. The highest BCUT2D eigenvalue weighted by Gasteiger charge is 2.63. The van der Waals surface area contributed by atoms with E-state index < -0.39 is 5.41 Å². The van der Waals surface area contributed by atoms with Crippen LogP contribution in [0.15, 0.2) is 30.3 Å². The number of aliphatic hydroxyl groups excluding tert-OH is 1. The minimum absolute atomic E-state index is 0.107. The Bertz CT molecular complexity index is 640. The summed E-state index contributed by atoms with van der Waals surface area (Å²) in [6, 6.07) is 10.5. The van der Waals surface area contributed by atoms with Crippen molar-refractivity contribution in [1.82, 2.24) is 5.32 Å². The summed E-state index contributed by atoms with van der Waals surface area (Å²) in [7, 11) is 1.72. The molecular weight excluding hydrogens is 382 g/mol. The van der Waals surface area contributed by atoms with Crippen molar-refractivity contribution in [2.45, 2.75) is 44.8 Å². The number of thioether (sulfide) groups is 2. The minimum atomic E-state index is -0.431. The van der Waals surface area contributed by atoms with Gasteiger partial charge < -0.3 is 10.4 Å². The number of hydrogen-bond donors (Lipinski definition) is 2. The van der Waals surface area contributed by atoms with Crippen LogP contribution in [0.3, 0.4) is 0 Å². The maximum Gasteiger partial charge on any atom is 0.227 e. The van der Waals surface area contributed by atoms with Gasteiger partial charge >= 0.3 is 0 Å². The van der Waals surface area contributed by atoms with E-state index in [1.807, 2.05) is 6.07 Å². The topological polar surface area (TPSA) is 49.3 Å². The molecule has 144 valence electrons. The third-order valence-electron chi connectivity index (χ3n) is 5.39. The molecule has 0 saturated heterocycles. The number of carbonyl (C=O) groups excluding carboxylic acids is 1. The molecule has 26 heavy (non-hydrogen) atoms. The van der Waals surface area contributed by atoms with Crippen molar-refractivity contribution in [3.63, 3.8) is 0 Å². The lowest BCUT2D eigenvalue weighted by atomic mass is 9.47. The Labute approximate surface area is 171 Å². The van der Waals surface area contributed by atoms with Gasteiger partial charge in [-0.3, -0.25) is 4.79 Å². The second-order valence-corrected chi connectivity index (χ2v) is 11.8. The average molecular weight is 412 g/mol. The zero-order valence-corrected chi connectivity index (χ0v) is 18.5. The minimum Gasteiger partial charge on any atom is -0.396 e. The van der Waals surface area contributed by atoms with E-state index in [4.69, 9.17) is 17.3 Å². The molecule has 1 fully saturated rings. The molecular formula is C20H29NO2S3. The van der Waals surface area contributed by atoms with Crippen molar-refractivity contribution in [3.05, 3.63) is 35.9 Å². The van der Waals surface area contributed by atoms with Crippen LogP contribution >= 0.6 is 35.7 Å². The van der Waals surface area contributed by atoms with E-state index in [0.717, 1.165) is 22.8 Å². The van der Waals surface area contributed by atoms with E-state index in [0.29, 0.717) is 5.75 Å². The van der Waals surface area contributed by atoms with E-state index in [1.165, 1.54) is 17.3 Å². The highest BCUT2D eigenvalue weighted by atomic mass is 32.2. The van der Waals surface area contributed by atoms with E-state index in [-0.39, 0.29) is 22.7 Å². The van der Waals surface area contributed by atoms with Crippen molar-refractivity contribution in [3.8, 4) is 0 Å². The van der Waals surface area contributed by atoms with Gasteiger partial charge in [0.25, 0.3) is 0 Å². The van der Waals surface area contributed by atoms with Crippen molar-refractivity contribution in [1.29, 1.82) is 0 Å². The Kier molecular flexibility index (Phi) is 7.22. The van der Waals surface area contributed by atoms with E-state index in [1.54, 1.807) is 18.8 Å². The first-order valence-corrected chi connectivity index (χ1v) is 11.1. The number of carbonyl (C=O) groups is 1. The first-order chi connectivity index (χ1) is 12.2. The molecule has 0 unspecified atom stereocenters. The maximum atomic E-state index is 12.9. The summed E-state index contributed by atoms with van der Waals surface area (Å²) in [6.07, 6.45) is 2.68. The Hall–Kier alpha value is -0.560. The molecule has 1 aromatic carbocycles. The van der Waals surface area contributed by atoms with Crippen molar-refractivity contribution in [2.24, 2.45) is 10.8 Å². The smallest absolute Gasteiger partial charge is 0.227 e. The average Bonchev–Trinajstić information content (AvgIpc) is 2.57. The molecule has 2 N–H and O–H groups in total. The first-order valence-electron chi connectivity index (χ1n) is 8.91. The van der Waals surface area contributed by atoms with Gasteiger partial charge in [0.1, 0.15) is 3.53 Å². The van der Waals surface area contributed by atoms with Gasteiger partial charge in [-0.25, -0.2) is 0 Å². The second-order valence-electron chi connectivity index (χ2n) is 7.92. The number of amides is 1. The summed E-state index contributed by atoms with van der Waals surface area (Å²) >= 11 is 8.56. The number of hydrogen-bond acceptors (Lipinski definition) is 5. The molecule has 0 bridgehead atoms. The zero-order valence-electron chi connectivity index (χ0n) is 16.0. The van der Waals surface area contributed by atoms with Crippen LogP contribution in [0.25, 0.3) is 0 Å². The third kappa shape index (κ3) is 4.64. The van der Waals surface area contributed by atoms with Crippen LogP contribution in [0.1, 0.15) is 39.2 Å². The molecule has 0 aliphatic heterocycles. The largest absolute Gasteiger partial charge is 0.396 e. The van der Waals surface area contributed by atoms with E-state index >= 15 is 0 Å². The fourth-order valence-electron chi connectivity index (χ4n) is 4.18. The van der Waals surface area contributed by atoms with Crippen molar-refractivity contribution in [2.75, 3.05) is 19.4 Å². The number of thiocarbonyl (C=S) groups is 1. The number of rotatable bonds is 7. The monoisotopic (exact) mass is 411 g/mol. The summed E-state index contributed by atoms with van der Waals surface area (Å²) in [5.74, 6) is 0.705. The van der Waals surface area contributed by atoms with E-state index in [9.17, 15) is 4.79 Å². The summed E-state index contributed by atoms with van der Waals surface area (Å²) in [5.41, 5.74) is 1.01. The molecule has 0 heterocycles. The zero-order chi connectivity index (χ0) is 19.4. The Morgan fingerprint density at radius 2 is 1.92 bits per heavy atom. The van der Waals surface area contributed by atoms with Gasteiger partial charge in [-0.15, -0.1) is 23.5 Å². The summed E-state index contributed by atoms with van der Waals surface area (Å²) < 4.78 is 0.493. The highest BCUT2D eigenvalue weighted by molar-refractivity contribution is 8.47. The molecule has 0 spiro atoms. The molecule has 1 aliphatic carbocycles. The fourth-order valence-corrected chi connectivity index (χ4v) is 7.28. The van der Waals surface area contributed by atoms with Crippen molar-refractivity contribution >= 4 is 45.2 Å². The molecule has 1 aromatic rings. The fraction of sp³-hybridized carbons (Fsp3) is 0.600. The molecule has 6 heteroatoms.